The first-order valence-corrected chi connectivity index (χ1v) is 7.67. The minimum absolute atomic E-state index is 0.120. The van der Waals surface area contributed by atoms with Gasteiger partial charge in [-0.1, -0.05) is 11.6 Å². The third-order valence-corrected chi connectivity index (χ3v) is 3.92. The van der Waals surface area contributed by atoms with Gasteiger partial charge in [0.05, 0.1) is 5.02 Å². The number of rotatable bonds is 1. The topological polar surface area (TPSA) is 29.5 Å². The van der Waals surface area contributed by atoms with E-state index in [9.17, 15) is 13.6 Å². The normalized spacial score (nSPS) is 16.7. The zero-order chi connectivity index (χ0) is 16.5. The monoisotopic (exact) mass is 331 g/mol. The molecular formula is C16H20ClF2NO2. The van der Waals surface area contributed by atoms with Crippen LogP contribution in [-0.4, -0.2) is 29.7 Å². The lowest BCUT2D eigenvalue weighted by Gasteiger charge is -2.33. The second-order valence-corrected chi connectivity index (χ2v) is 6.94. The van der Waals surface area contributed by atoms with E-state index in [0.29, 0.717) is 31.5 Å². The van der Waals surface area contributed by atoms with E-state index in [1.54, 1.807) is 4.90 Å². The van der Waals surface area contributed by atoms with Crippen molar-refractivity contribution in [3.05, 3.63) is 34.4 Å². The molecule has 1 amide bonds. The number of carbonyl (C=O) groups excluding carboxylic acids is 1. The molecule has 0 radical (unpaired) electrons. The third-order valence-electron chi connectivity index (χ3n) is 3.63. The Hall–Kier alpha value is -1.36. The smallest absolute Gasteiger partial charge is 0.410 e. The van der Waals surface area contributed by atoms with Crippen molar-refractivity contribution < 1.29 is 18.3 Å². The van der Waals surface area contributed by atoms with Crippen molar-refractivity contribution >= 4 is 17.7 Å². The summed E-state index contributed by atoms with van der Waals surface area (Å²) < 4.78 is 32.8. The van der Waals surface area contributed by atoms with Gasteiger partial charge in [-0.15, -0.1) is 0 Å². The number of benzene rings is 1. The van der Waals surface area contributed by atoms with E-state index < -0.39 is 17.2 Å². The Bertz CT molecular complexity index is 564. The van der Waals surface area contributed by atoms with Crippen LogP contribution in [0.4, 0.5) is 13.6 Å². The Morgan fingerprint density at radius 3 is 2.36 bits per heavy atom. The maximum absolute atomic E-state index is 13.9. The fourth-order valence-electron chi connectivity index (χ4n) is 2.55. The highest BCUT2D eigenvalue weighted by Gasteiger charge is 2.29. The predicted molar refractivity (Wildman–Crippen MR) is 81.2 cm³/mol. The molecule has 122 valence electrons. The van der Waals surface area contributed by atoms with Crippen LogP contribution in [0.5, 0.6) is 0 Å². The summed E-state index contributed by atoms with van der Waals surface area (Å²) >= 11 is 5.57. The summed E-state index contributed by atoms with van der Waals surface area (Å²) in [5.74, 6) is -1.24. The molecule has 1 aromatic carbocycles. The van der Waals surface area contributed by atoms with Crippen LogP contribution in [0.2, 0.25) is 5.02 Å². The largest absolute Gasteiger partial charge is 0.444 e. The zero-order valence-electron chi connectivity index (χ0n) is 13.0. The van der Waals surface area contributed by atoms with Gasteiger partial charge in [-0.25, -0.2) is 13.6 Å². The standard InChI is InChI=1S/C16H20ClF2NO2/c1-16(2,3)22-15(21)20-6-4-10(5-7-20)11-8-14(19)12(17)9-13(11)18/h8-10H,4-7H2,1-3H3. The average Bonchev–Trinajstić information content (AvgIpc) is 2.41. The highest BCUT2D eigenvalue weighted by Crippen LogP contribution is 2.32. The van der Waals surface area contributed by atoms with Crippen LogP contribution in [-0.2, 0) is 4.74 Å². The van der Waals surface area contributed by atoms with Crippen molar-refractivity contribution in [1.29, 1.82) is 0 Å². The first-order chi connectivity index (χ1) is 10.2. The molecule has 2 rings (SSSR count). The molecule has 0 bridgehead atoms. The number of carbonyl (C=O) groups is 1. The Kier molecular flexibility index (Phi) is 4.95. The second kappa shape index (κ2) is 6.41. The maximum Gasteiger partial charge on any atom is 0.410 e. The van der Waals surface area contributed by atoms with Gasteiger partial charge in [-0.05, 0) is 57.2 Å². The molecule has 0 atom stereocenters. The Morgan fingerprint density at radius 1 is 1.23 bits per heavy atom. The van der Waals surface area contributed by atoms with E-state index in [4.69, 9.17) is 16.3 Å². The van der Waals surface area contributed by atoms with E-state index in [-0.39, 0.29) is 17.0 Å². The van der Waals surface area contributed by atoms with Crippen LogP contribution in [0.3, 0.4) is 0 Å². The Balaban J connectivity index is 2.01. The van der Waals surface area contributed by atoms with Gasteiger partial charge in [0.25, 0.3) is 0 Å². The first-order valence-electron chi connectivity index (χ1n) is 7.30. The SMILES string of the molecule is CC(C)(C)OC(=O)N1CCC(c2cc(F)c(Cl)cc2F)CC1. The van der Waals surface area contributed by atoms with Crippen LogP contribution >= 0.6 is 11.6 Å². The number of hydrogen-bond acceptors (Lipinski definition) is 2. The number of hydrogen-bond donors (Lipinski definition) is 0. The number of likely N-dealkylation sites (tertiary alicyclic amines) is 1. The van der Waals surface area contributed by atoms with Crippen molar-refractivity contribution in [2.75, 3.05) is 13.1 Å². The van der Waals surface area contributed by atoms with Crippen LogP contribution in [0.1, 0.15) is 45.1 Å². The summed E-state index contributed by atoms with van der Waals surface area (Å²) in [4.78, 5) is 13.6. The summed E-state index contributed by atoms with van der Waals surface area (Å²) in [7, 11) is 0. The van der Waals surface area contributed by atoms with Crippen molar-refractivity contribution in [3.8, 4) is 0 Å². The molecule has 3 nitrogen and oxygen atoms in total. The second-order valence-electron chi connectivity index (χ2n) is 6.53. The van der Waals surface area contributed by atoms with Gasteiger partial charge in [0.2, 0.25) is 0 Å². The van der Waals surface area contributed by atoms with Gasteiger partial charge in [0.15, 0.2) is 0 Å². The number of piperidine rings is 1. The van der Waals surface area contributed by atoms with Crippen molar-refractivity contribution in [1.82, 2.24) is 4.90 Å². The minimum atomic E-state index is -0.618. The summed E-state index contributed by atoms with van der Waals surface area (Å²) in [6, 6.07) is 2.16. The van der Waals surface area contributed by atoms with Gasteiger partial charge >= 0.3 is 6.09 Å². The van der Waals surface area contributed by atoms with Gasteiger partial charge in [0.1, 0.15) is 17.2 Å². The Labute approximate surface area is 134 Å². The lowest BCUT2D eigenvalue weighted by Crippen LogP contribution is -2.41. The Morgan fingerprint density at radius 2 is 1.82 bits per heavy atom. The fraction of sp³-hybridized carbons (Fsp3) is 0.562. The molecule has 1 fully saturated rings. The number of nitrogens with zero attached hydrogens (tertiary/aromatic N) is 1. The van der Waals surface area contributed by atoms with E-state index in [1.165, 1.54) is 0 Å². The molecule has 0 unspecified atom stereocenters. The average molecular weight is 332 g/mol. The van der Waals surface area contributed by atoms with E-state index >= 15 is 0 Å². The summed E-state index contributed by atoms with van der Waals surface area (Å²) in [6.07, 6.45) is 0.766. The van der Waals surface area contributed by atoms with Crippen LogP contribution in [0.25, 0.3) is 0 Å². The lowest BCUT2D eigenvalue weighted by atomic mass is 9.89. The number of amides is 1. The molecule has 6 heteroatoms. The van der Waals surface area contributed by atoms with Crippen molar-refractivity contribution in [3.63, 3.8) is 0 Å². The summed E-state index contributed by atoms with van der Waals surface area (Å²) in [5, 5.41) is -0.215. The minimum Gasteiger partial charge on any atom is -0.444 e. The predicted octanol–water partition coefficient (Wildman–Crippen LogP) is 4.73. The molecule has 22 heavy (non-hydrogen) atoms. The molecular weight excluding hydrogens is 312 g/mol. The molecule has 1 saturated heterocycles. The number of ether oxygens (including phenoxy) is 1. The molecule has 1 aliphatic heterocycles. The fourth-order valence-corrected chi connectivity index (χ4v) is 2.70. The summed E-state index contributed by atoms with van der Waals surface area (Å²) in [6.45, 7) is 6.35. The molecule has 1 aromatic rings. The third kappa shape index (κ3) is 4.09. The molecule has 0 spiro atoms. The first kappa shape index (κ1) is 17.0. The highest BCUT2D eigenvalue weighted by molar-refractivity contribution is 6.30. The maximum atomic E-state index is 13.9. The number of halogens is 3. The van der Waals surface area contributed by atoms with Crippen LogP contribution in [0, 0.1) is 11.6 Å². The summed E-state index contributed by atoms with van der Waals surface area (Å²) in [5.41, 5.74) is -0.218. The molecule has 1 aliphatic rings. The lowest BCUT2D eigenvalue weighted by molar-refractivity contribution is 0.0204. The van der Waals surface area contributed by atoms with Crippen LogP contribution < -0.4 is 0 Å². The van der Waals surface area contributed by atoms with E-state index in [0.717, 1.165) is 12.1 Å². The molecule has 0 saturated carbocycles. The molecule has 0 aliphatic carbocycles. The van der Waals surface area contributed by atoms with Crippen molar-refractivity contribution in [2.24, 2.45) is 0 Å². The van der Waals surface area contributed by atoms with Gasteiger partial charge in [-0.2, -0.15) is 0 Å². The zero-order valence-corrected chi connectivity index (χ0v) is 13.7. The van der Waals surface area contributed by atoms with E-state index in [1.807, 2.05) is 20.8 Å². The molecule has 0 N–H and O–H groups in total. The quantitative estimate of drug-likeness (QED) is 0.696. The van der Waals surface area contributed by atoms with Gasteiger partial charge in [-0.3, -0.25) is 0 Å². The molecule has 0 aromatic heterocycles. The van der Waals surface area contributed by atoms with Gasteiger partial charge < -0.3 is 9.64 Å². The van der Waals surface area contributed by atoms with Crippen molar-refractivity contribution in [2.45, 2.75) is 45.1 Å². The molecule has 1 heterocycles. The highest BCUT2D eigenvalue weighted by atomic mass is 35.5. The van der Waals surface area contributed by atoms with E-state index in [2.05, 4.69) is 0 Å². The van der Waals surface area contributed by atoms with Gasteiger partial charge in [0, 0.05) is 13.1 Å². The van der Waals surface area contributed by atoms with Crippen LogP contribution in [0.15, 0.2) is 12.1 Å².